The van der Waals surface area contributed by atoms with E-state index in [1.807, 2.05) is 0 Å². The molecule has 0 heterocycles. The van der Waals surface area contributed by atoms with Crippen LogP contribution in [0.1, 0.15) is 6.92 Å². The van der Waals surface area contributed by atoms with Crippen LogP contribution in [0.2, 0.25) is 0 Å². The van der Waals surface area contributed by atoms with Gasteiger partial charge in [0.15, 0.2) is 9.84 Å². The number of rotatable bonds is 6. The summed E-state index contributed by atoms with van der Waals surface area (Å²) in [5.41, 5.74) is 0. The fourth-order valence-electron chi connectivity index (χ4n) is 1.46. The molecule has 0 fully saturated rings. The van der Waals surface area contributed by atoms with Crippen LogP contribution in [-0.2, 0) is 34.3 Å². The molecule has 0 aromatic heterocycles. The highest BCUT2D eigenvalue weighted by atomic mass is 32.2. The molecule has 0 saturated heterocycles. The van der Waals surface area contributed by atoms with E-state index in [4.69, 9.17) is 0 Å². The second-order valence-corrected chi connectivity index (χ2v) is 8.25. The Bertz CT molecular complexity index is 816. The maximum absolute atomic E-state index is 12.1. The molecule has 1 aromatic carbocycles. The Kier molecular flexibility index (Phi) is 5.86. The molecule has 0 aliphatic heterocycles. The minimum absolute atomic E-state index is 0.410. The number of hydrogen-bond donors (Lipinski definition) is 1. The average molecular weight is 364 g/mol. The minimum Gasteiger partial charge on any atom is -0.354 e. The van der Waals surface area contributed by atoms with Crippen molar-refractivity contribution in [2.45, 2.75) is 16.7 Å². The van der Waals surface area contributed by atoms with Crippen molar-refractivity contribution >= 4 is 31.7 Å². The SMILES string of the molecule is CC(=O)N(C)CC(=O)ONS(=O)(=O)c1ccccc1S(C)(=O)=O. The molecule has 1 rings (SSSR count). The predicted molar refractivity (Wildman–Crippen MR) is 79.3 cm³/mol. The Morgan fingerprint density at radius 3 is 2.13 bits per heavy atom. The molecule has 0 unspecified atom stereocenters. The van der Waals surface area contributed by atoms with Gasteiger partial charge in [-0.15, -0.1) is 0 Å². The molecular formula is C12H16N2O7S2. The summed E-state index contributed by atoms with van der Waals surface area (Å²) in [7, 11) is -6.87. The molecule has 0 radical (unpaired) electrons. The van der Waals surface area contributed by atoms with E-state index in [2.05, 4.69) is 4.84 Å². The van der Waals surface area contributed by atoms with E-state index in [0.29, 0.717) is 0 Å². The second-order valence-electron chi connectivity index (χ2n) is 4.65. The largest absolute Gasteiger partial charge is 0.354 e. The van der Waals surface area contributed by atoms with Crippen LogP contribution >= 0.6 is 0 Å². The minimum atomic E-state index is -4.40. The Morgan fingerprint density at radius 1 is 1.13 bits per heavy atom. The Balaban J connectivity index is 2.94. The van der Waals surface area contributed by atoms with Crippen molar-refractivity contribution in [3.05, 3.63) is 24.3 Å². The first kappa shape index (κ1) is 19.1. The van der Waals surface area contributed by atoms with E-state index in [9.17, 15) is 26.4 Å². The average Bonchev–Trinajstić information content (AvgIpc) is 2.44. The van der Waals surface area contributed by atoms with E-state index >= 15 is 0 Å². The topological polar surface area (TPSA) is 127 Å². The van der Waals surface area contributed by atoms with Crippen molar-refractivity contribution < 1.29 is 31.3 Å². The first-order chi connectivity index (χ1) is 10.4. The summed E-state index contributed by atoms with van der Waals surface area (Å²) < 4.78 is 47.4. The Morgan fingerprint density at radius 2 is 1.65 bits per heavy atom. The number of amides is 1. The van der Waals surface area contributed by atoms with Gasteiger partial charge in [-0.1, -0.05) is 12.1 Å². The zero-order valence-electron chi connectivity index (χ0n) is 12.6. The number of nitrogens with one attached hydrogen (secondary N) is 1. The number of benzene rings is 1. The number of sulfone groups is 1. The molecular weight excluding hydrogens is 348 g/mol. The molecule has 0 aliphatic rings. The fraction of sp³-hybridized carbons (Fsp3) is 0.333. The molecule has 0 bridgehead atoms. The van der Waals surface area contributed by atoms with Crippen LogP contribution in [0.3, 0.4) is 0 Å². The van der Waals surface area contributed by atoms with E-state index in [0.717, 1.165) is 23.3 Å². The normalized spacial score (nSPS) is 11.8. The van der Waals surface area contributed by atoms with Crippen LogP contribution in [0.5, 0.6) is 0 Å². The van der Waals surface area contributed by atoms with Gasteiger partial charge < -0.3 is 9.74 Å². The summed E-state index contributed by atoms with van der Waals surface area (Å²) in [4.78, 5) is 28.4. The maximum Gasteiger partial charge on any atom is 0.345 e. The van der Waals surface area contributed by atoms with E-state index in [1.165, 1.54) is 26.1 Å². The fourth-order valence-corrected chi connectivity index (χ4v) is 3.89. The van der Waals surface area contributed by atoms with Gasteiger partial charge in [-0.05, 0) is 17.0 Å². The van der Waals surface area contributed by atoms with Gasteiger partial charge in [0, 0.05) is 20.2 Å². The lowest BCUT2D eigenvalue weighted by Crippen LogP contribution is -2.35. The van der Waals surface area contributed by atoms with Crippen LogP contribution in [0, 0.1) is 0 Å². The van der Waals surface area contributed by atoms with Crippen molar-refractivity contribution in [1.29, 1.82) is 0 Å². The summed E-state index contributed by atoms with van der Waals surface area (Å²) in [5, 5.41) is 0. The van der Waals surface area contributed by atoms with Crippen molar-refractivity contribution in [2.24, 2.45) is 0 Å². The Labute approximate surface area is 134 Å². The highest BCUT2D eigenvalue weighted by Crippen LogP contribution is 2.20. The van der Waals surface area contributed by atoms with Crippen molar-refractivity contribution in [2.75, 3.05) is 19.8 Å². The quantitative estimate of drug-likeness (QED) is 0.662. The van der Waals surface area contributed by atoms with E-state index in [1.54, 1.807) is 4.89 Å². The third kappa shape index (κ3) is 5.30. The third-order valence-corrected chi connectivity index (χ3v) is 5.23. The Hall–Kier alpha value is -1.98. The molecule has 9 nitrogen and oxygen atoms in total. The molecule has 0 spiro atoms. The molecule has 23 heavy (non-hydrogen) atoms. The number of carbonyl (C=O) groups is 2. The zero-order chi connectivity index (χ0) is 17.8. The van der Waals surface area contributed by atoms with Crippen molar-refractivity contribution in [3.8, 4) is 0 Å². The van der Waals surface area contributed by atoms with Gasteiger partial charge in [0.1, 0.15) is 11.4 Å². The summed E-state index contributed by atoms with van der Waals surface area (Å²) >= 11 is 0. The van der Waals surface area contributed by atoms with Crippen LogP contribution in [-0.4, -0.2) is 53.5 Å². The second kappa shape index (κ2) is 7.06. The molecule has 1 N–H and O–H groups in total. The summed E-state index contributed by atoms with van der Waals surface area (Å²) in [6, 6.07) is 4.88. The summed E-state index contributed by atoms with van der Waals surface area (Å²) in [6.45, 7) is 0.755. The van der Waals surface area contributed by atoms with Crippen LogP contribution < -0.4 is 4.89 Å². The van der Waals surface area contributed by atoms with Gasteiger partial charge in [0.2, 0.25) is 5.91 Å². The summed E-state index contributed by atoms with van der Waals surface area (Å²) in [6.07, 6.45) is 0.856. The maximum atomic E-state index is 12.1. The molecule has 128 valence electrons. The lowest BCUT2D eigenvalue weighted by molar-refractivity contribution is -0.151. The number of sulfonamides is 1. The first-order valence-corrected chi connectivity index (χ1v) is 9.55. The lowest BCUT2D eigenvalue weighted by Gasteiger charge is -2.14. The highest BCUT2D eigenvalue weighted by molar-refractivity contribution is 7.93. The lowest BCUT2D eigenvalue weighted by atomic mass is 10.4. The first-order valence-electron chi connectivity index (χ1n) is 6.17. The van der Waals surface area contributed by atoms with Crippen LogP contribution in [0.15, 0.2) is 34.1 Å². The highest BCUT2D eigenvalue weighted by Gasteiger charge is 2.25. The van der Waals surface area contributed by atoms with Gasteiger partial charge in [0.05, 0.1) is 4.90 Å². The van der Waals surface area contributed by atoms with E-state index < -0.39 is 48.1 Å². The molecule has 0 aliphatic carbocycles. The number of carbonyl (C=O) groups excluding carboxylic acids is 2. The zero-order valence-corrected chi connectivity index (χ0v) is 14.3. The number of hydrogen-bond acceptors (Lipinski definition) is 7. The van der Waals surface area contributed by atoms with Gasteiger partial charge in [0.25, 0.3) is 10.0 Å². The number of nitrogens with zero attached hydrogens (tertiary/aromatic N) is 1. The number of likely N-dealkylation sites (N-methyl/N-ethyl adjacent to an activating group) is 1. The smallest absolute Gasteiger partial charge is 0.345 e. The predicted octanol–water partition coefficient (Wildman–Crippen LogP) is -0.695. The van der Waals surface area contributed by atoms with Crippen molar-refractivity contribution in [1.82, 2.24) is 9.79 Å². The van der Waals surface area contributed by atoms with Gasteiger partial charge in [-0.2, -0.15) is 0 Å². The molecule has 1 amide bonds. The summed E-state index contributed by atoms with van der Waals surface area (Å²) in [5.74, 6) is -1.43. The van der Waals surface area contributed by atoms with Gasteiger partial charge >= 0.3 is 5.97 Å². The molecule has 1 aromatic rings. The standard InChI is InChI=1S/C12H16N2O7S2/c1-9(15)14(2)8-12(16)21-13-23(19,20)11-7-5-4-6-10(11)22(3,17)18/h4-7,13H,8H2,1-3H3. The monoisotopic (exact) mass is 364 g/mol. The van der Waals surface area contributed by atoms with Crippen molar-refractivity contribution in [3.63, 3.8) is 0 Å². The van der Waals surface area contributed by atoms with Gasteiger partial charge in [-0.3, -0.25) is 4.79 Å². The molecule has 11 heteroatoms. The van der Waals surface area contributed by atoms with E-state index in [-0.39, 0.29) is 0 Å². The molecule has 0 saturated carbocycles. The van der Waals surface area contributed by atoms with Crippen LogP contribution in [0.25, 0.3) is 0 Å². The third-order valence-electron chi connectivity index (χ3n) is 2.71. The van der Waals surface area contributed by atoms with Crippen LogP contribution in [0.4, 0.5) is 0 Å². The van der Waals surface area contributed by atoms with Gasteiger partial charge in [-0.25, -0.2) is 21.6 Å². The molecule has 0 atom stereocenters.